The fourth-order valence-corrected chi connectivity index (χ4v) is 3.60. The number of esters is 1. The molecule has 5 heteroatoms. The molecule has 5 nitrogen and oxygen atoms in total. The first-order valence-electron chi connectivity index (χ1n) is 7.00. The monoisotopic (exact) mass is 290 g/mol. The molecule has 0 amide bonds. The number of aromatic hydroxyl groups is 1. The van der Waals surface area contributed by atoms with E-state index in [1.807, 2.05) is 6.92 Å². The van der Waals surface area contributed by atoms with Crippen LogP contribution in [0.5, 0.6) is 11.5 Å². The van der Waals surface area contributed by atoms with Crippen LogP contribution in [0.4, 0.5) is 0 Å². The zero-order valence-electron chi connectivity index (χ0n) is 12.4. The number of hydrogen-bond acceptors (Lipinski definition) is 5. The zero-order valence-corrected chi connectivity index (χ0v) is 12.4. The number of carbonyl (C=O) groups excluding carboxylic acids is 2. The van der Waals surface area contributed by atoms with Gasteiger partial charge in [-0.15, -0.1) is 0 Å². The molecule has 2 bridgehead atoms. The summed E-state index contributed by atoms with van der Waals surface area (Å²) in [7, 11) is 1.28. The minimum Gasteiger partial charge on any atom is -0.507 e. The molecule has 0 spiro atoms. The third kappa shape index (κ3) is 2.07. The predicted molar refractivity (Wildman–Crippen MR) is 74.8 cm³/mol. The molecule has 1 heterocycles. The maximum atomic E-state index is 11.9. The maximum Gasteiger partial charge on any atom is 0.341 e. The Morgan fingerprint density at radius 1 is 1.52 bits per heavy atom. The van der Waals surface area contributed by atoms with Crippen molar-refractivity contribution in [3.05, 3.63) is 22.8 Å². The van der Waals surface area contributed by atoms with E-state index in [0.717, 1.165) is 0 Å². The van der Waals surface area contributed by atoms with Gasteiger partial charge in [-0.2, -0.15) is 0 Å². The second-order valence-corrected chi connectivity index (χ2v) is 6.19. The molecule has 0 saturated heterocycles. The average molecular weight is 290 g/mol. The van der Waals surface area contributed by atoms with E-state index in [9.17, 15) is 14.7 Å². The first-order chi connectivity index (χ1) is 9.84. The van der Waals surface area contributed by atoms with Gasteiger partial charge < -0.3 is 14.6 Å². The zero-order chi connectivity index (χ0) is 15.4. The Morgan fingerprint density at radius 3 is 2.90 bits per heavy atom. The molecule has 3 rings (SSSR count). The van der Waals surface area contributed by atoms with E-state index in [0.29, 0.717) is 36.1 Å². The number of methoxy groups -OCH3 is 1. The molecule has 112 valence electrons. The normalized spacial score (nSPS) is 26.8. The van der Waals surface area contributed by atoms with Gasteiger partial charge in [-0.1, -0.05) is 0 Å². The molecule has 1 fully saturated rings. The molecule has 1 aromatic carbocycles. The van der Waals surface area contributed by atoms with Crippen LogP contribution >= 0.6 is 0 Å². The van der Waals surface area contributed by atoms with Gasteiger partial charge in [0.2, 0.25) is 0 Å². The molecule has 0 unspecified atom stereocenters. The molecular formula is C16H18O5. The second-order valence-electron chi connectivity index (χ2n) is 6.19. The fraction of sp³-hybridized carbons (Fsp3) is 0.500. The minimum atomic E-state index is -0.580. The molecular weight excluding hydrogens is 272 g/mol. The van der Waals surface area contributed by atoms with Crippen molar-refractivity contribution in [3.8, 4) is 11.5 Å². The molecule has 0 radical (unpaired) electrons. The molecule has 0 aromatic heterocycles. The summed E-state index contributed by atoms with van der Waals surface area (Å²) in [6.45, 7) is 3.65. The van der Waals surface area contributed by atoms with Crippen LogP contribution in [-0.4, -0.2) is 29.6 Å². The van der Waals surface area contributed by atoms with Crippen LogP contribution in [0, 0.1) is 6.92 Å². The molecule has 2 aliphatic rings. The molecule has 2 atom stereocenters. The Morgan fingerprint density at radius 2 is 2.24 bits per heavy atom. The van der Waals surface area contributed by atoms with E-state index >= 15 is 0 Å². The number of Topliss-reactive ketones (excluding diaryl/α,β-unsaturated/α-hetero) is 1. The Labute approximate surface area is 122 Å². The smallest absolute Gasteiger partial charge is 0.341 e. The number of ether oxygens (including phenoxy) is 2. The van der Waals surface area contributed by atoms with Gasteiger partial charge in [0.1, 0.15) is 28.4 Å². The number of carbonyl (C=O) groups is 2. The van der Waals surface area contributed by atoms with Gasteiger partial charge in [-0.3, -0.25) is 4.79 Å². The highest BCUT2D eigenvalue weighted by atomic mass is 16.5. The number of phenolic OH excluding ortho intramolecular Hbond substituents is 1. The SMILES string of the molecule is COC(=O)c1c(C)cc2c(c1O)[C@H]1CC(=O)C[C@](C)(C1)O2. The topological polar surface area (TPSA) is 72.8 Å². The van der Waals surface area contributed by atoms with Crippen LogP contribution in [0.25, 0.3) is 0 Å². The lowest BCUT2D eigenvalue weighted by Gasteiger charge is -2.43. The van der Waals surface area contributed by atoms with Crippen molar-refractivity contribution >= 4 is 11.8 Å². The van der Waals surface area contributed by atoms with E-state index in [2.05, 4.69) is 0 Å². The summed E-state index contributed by atoms with van der Waals surface area (Å²) in [5.74, 6) is -0.103. The van der Waals surface area contributed by atoms with Crippen LogP contribution in [0.2, 0.25) is 0 Å². The van der Waals surface area contributed by atoms with Crippen LogP contribution in [-0.2, 0) is 9.53 Å². The molecule has 1 N–H and O–H groups in total. The molecule has 1 aromatic rings. The van der Waals surface area contributed by atoms with Gasteiger partial charge in [0.15, 0.2) is 0 Å². The van der Waals surface area contributed by atoms with Gasteiger partial charge in [-0.05, 0) is 31.9 Å². The fourth-order valence-electron chi connectivity index (χ4n) is 3.60. The summed E-state index contributed by atoms with van der Waals surface area (Å²) in [6, 6.07) is 1.75. The van der Waals surface area contributed by atoms with Gasteiger partial charge in [0.25, 0.3) is 0 Å². The number of rotatable bonds is 1. The van der Waals surface area contributed by atoms with Crippen molar-refractivity contribution in [3.63, 3.8) is 0 Å². The van der Waals surface area contributed by atoms with Crippen LogP contribution in [0.15, 0.2) is 6.07 Å². The third-order valence-corrected chi connectivity index (χ3v) is 4.38. The summed E-state index contributed by atoms with van der Waals surface area (Å²) in [5.41, 5.74) is 0.805. The summed E-state index contributed by atoms with van der Waals surface area (Å²) >= 11 is 0. The van der Waals surface area contributed by atoms with Gasteiger partial charge in [-0.25, -0.2) is 4.79 Å². The maximum absolute atomic E-state index is 11.9. The van der Waals surface area contributed by atoms with Crippen molar-refractivity contribution < 1.29 is 24.2 Å². The van der Waals surface area contributed by atoms with E-state index in [-0.39, 0.29) is 23.0 Å². The Hall–Kier alpha value is -2.04. The van der Waals surface area contributed by atoms with Crippen LogP contribution in [0.3, 0.4) is 0 Å². The first-order valence-corrected chi connectivity index (χ1v) is 7.00. The average Bonchev–Trinajstić information content (AvgIpc) is 2.35. The van der Waals surface area contributed by atoms with E-state index in [1.165, 1.54) is 7.11 Å². The van der Waals surface area contributed by atoms with Gasteiger partial charge in [0, 0.05) is 24.3 Å². The van der Waals surface area contributed by atoms with Crippen molar-refractivity contribution in [2.24, 2.45) is 0 Å². The summed E-state index contributed by atoms with van der Waals surface area (Å²) in [5, 5.41) is 10.5. The first kappa shape index (κ1) is 13.9. The third-order valence-electron chi connectivity index (χ3n) is 4.38. The summed E-state index contributed by atoms with van der Waals surface area (Å²) in [6.07, 6.45) is 1.44. The van der Waals surface area contributed by atoms with Crippen molar-refractivity contribution in [2.75, 3.05) is 7.11 Å². The van der Waals surface area contributed by atoms with Crippen molar-refractivity contribution in [1.82, 2.24) is 0 Å². The highest BCUT2D eigenvalue weighted by Gasteiger charge is 2.45. The number of benzene rings is 1. The molecule has 21 heavy (non-hydrogen) atoms. The largest absolute Gasteiger partial charge is 0.507 e. The van der Waals surface area contributed by atoms with Crippen molar-refractivity contribution in [2.45, 2.75) is 44.6 Å². The van der Waals surface area contributed by atoms with Crippen LogP contribution < -0.4 is 4.74 Å². The highest BCUT2D eigenvalue weighted by molar-refractivity contribution is 5.95. The highest BCUT2D eigenvalue weighted by Crippen LogP contribution is 2.52. The molecule has 1 aliphatic carbocycles. The molecule has 1 saturated carbocycles. The minimum absolute atomic E-state index is 0.107. The Kier molecular flexibility index (Phi) is 2.97. The Bertz CT molecular complexity index is 649. The summed E-state index contributed by atoms with van der Waals surface area (Å²) in [4.78, 5) is 23.7. The Balaban J connectivity index is 2.19. The lowest BCUT2D eigenvalue weighted by Crippen LogP contribution is -2.44. The van der Waals surface area contributed by atoms with Crippen molar-refractivity contribution in [1.29, 1.82) is 0 Å². The standard InChI is InChI=1S/C16H18O5/c1-8-4-11-13(14(18)12(8)15(19)20-3)9-5-10(17)7-16(2,6-9)21-11/h4,9,18H,5-7H2,1-3H3/t9-,16-/m0/s1. The predicted octanol–water partition coefficient (Wildman–Crippen LogP) is 2.47. The molecule has 1 aliphatic heterocycles. The lowest BCUT2D eigenvalue weighted by atomic mass is 9.72. The quantitative estimate of drug-likeness (QED) is 0.804. The second kappa shape index (κ2) is 4.48. The number of phenols is 1. The van der Waals surface area contributed by atoms with Crippen LogP contribution in [0.1, 0.15) is 53.6 Å². The van der Waals surface area contributed by atoms with Gasteiger partial charge >= 0.3 is 5.97 Å². The number of fused-ring (bicyclic) bond motifs is 4. The van der Waals surface area contributed by atoms with E-state index < -0.39 is 11.6 Å². The van der Waals surface area contributed by atoms with Gasteiger partial charge in [0.05, 0.1) is 7.11 Å². The summed E-state index contributed by atoms with van der Waals surface area (Å²) < 4.78 is 10.7. The lowest BCUT2D eigenvalue weighted by molar-refractivity contribution is -0.127. The number of hydrogen-bond donors (Lipinski definition) is 1. The van der Waals surface area contributed by atoms with E-state index in [4.69, 9.17) is 9.47 Å². The number of ketones is 1. The number of aryl methyl sites for hydroxylation is 1. The van der Waals surface area contributed by atoms with E-state index in [1.54, 1.807) is 13.0 Å².